The number of hydrogen-bond acceptors (Lipinski definition) is 4. The Morgan fingerprint density at radius 2 is 1.84 bits per heavy atom. The Labute approximate surface area is 156 Å². The number of benzene rings is 1. The summed E-state index contributed by atoms with van der Waals surface area (Å²) in [7, 11) is 0. The molecular weight excluding hydrogens is 356 g/mol. The average molecular weight is 375 g/mol. The molecule has 0 aliphatic carbocycles. The van der Waals surface area contributed by atoms with E-state index >= 15 is 0 Å². The van der Waals surface area contributed by atoms with Gasteiger partial charge in [0.15, 0.2) is 5.78 Å². The molecule has 1 aromatic carbocycles. The molecule has 0 spiro atoms. The Balaban J connectivity index is 1.49. The number of Topliss-reactive ketones (excluding diaryl/α,β-unsaturated/α-hetero) is 1. The van der Waals surface area contributed by atoms with Crippen molar-refractivity contribution in [1.29, 1.82) is 0 Å². The summed E-state index contributed by atoms with van der Waals surface area (Å²) < 4.78 is 0. The largest absolute Gasteiger partial charge is 0.337 e. The van der Waals surface area contributed by atoms with E-state index in [2.05, 4.69) is 4.90 Å². The number of halogens is 1. The van der Waals surface area contributed by atoms with Crippen molar-refractivity contribution in [2.75, 3.05) is 32.7 Å². The molecule has 3 rings (SSSR count). The Morgan fingerprint density at radius 3 is 2.52 bits per heavy atom. The lowest BCUT2D eigenvalue weighted by Crippen LogP contribution is -2.49. The number of nitrogens with zero attached hydrogens (tertiary/aromatic N) is 2. The molecule has 4 nitrogen and oxygen atoms in total. The van der Waals surface area contributed by atoms with Crippen LogP contribution in [-0.4, -0.2) is 54.2 Å². The molecule has 1 amide bonds. The number of thiophene rings is 1. The Bertz CT molecular complexity index is 765. The molecule has 6 heteroatoms. The zero-order valence-corrected chi connectivity index (χ0v) is 15.3. The van der Waals surface area contributed by atoms with Crippen molar-refractivity contribution >= 4 is 40.7 Å². The van der Waals surface area contributed by atoms with Crippen LogP contribution < -0.4 is 0 Å². The van der Waals surface area contributed by atoms with Gasteiger partial charge < -0.3 is 4.90 Å². The zero-order valence-electron chi connectivity index (χ0n) is 13.7. The highest BCUT2D eigenvalue weighted by atomic mass is 35.5. The molecule has 0 bridgehead atoms. The summed E-state index contributed by atoms with van der Waals surface area (Å²) in [5.74, 6) is 0.123. The van der Waals surface area contributed by atoms with Crippen molar-refractivity contribution in [2.45, 2.75) is 0 Å². The minimum Gasteiger partial charge on any atom is -0.337 e. The van der Waals surface area contributed by atoms with E-state index in [1.165, 1.54) is 11.3 Å². The van der Waals surface area contributed by atoms with Crippen LogP contribution in [0.15, 0.2) is 47.9 Å². The van der Waals surface area contributed by atoms with Gasteiger partial charge in [-0.15, -0.1) is 11.3 Å². The molecule has 1 saturated heterocycles. The van der Waals surface area contributed by atoms with Crippen molar-refractivity contribution in [2.24, 2.45) is 0 Å². The summed E-state index contributed by atoms with van der Waals surface area (Å²) in [5.41, 5.74) is 0.831. The number of amides is 1. The van der Waals surface area contributed by atoms with Crippen LogP contribution in [0.4, 0.5) is 0 Å². The third kappa shape index (κ3) is 4.78. The SMILES string of the molecule is O=C(CN1CCN(C(=O)/C=C/c2ccccc2Cl)CC1)c1cccs1. The molecule has 0 unspecified atom stereocenters. The number of carbonyl (C=O) groups excluding carboxylic acids is 2. The van der Waals surface area contributed by atoms with Crippen molar-refractivity contribution in [3.05, 3.63) is 63.3 Å². The summed E-state index contributed by atoms with van der Waals surface area (Å²) >= 11 is 7.56. The van der Waals surface area contributed by atoms with Crippen LogP contribution >= 0.6 is 22.9 Å². The Kier molecular flexibility index (Phi) is 6.02. The fourth-order valence-electron chi connectivity index (χ4n) is 2.72. The van der Waals surface area contributed by atoms with Crippen LogP contribution in [0.5, 0.6) is 0 Å². The van der Waals surface area contributed by atoms with Crippen molar-refractivity contribution in [3.8, 4) is 0 Å². The third-order valence-corrected chi connectivity index (χ3v) is 5.41. The average Bonchev–Trinajstić information content (AvgIpc) is 3.16. The first kappa shape index (κ1) is 17.9. The second-order valence-electron chi connectivity index (χ2n) is 5.86. The first-order valence-corrected chi connectivity index (χ1v) is 9.40. The van der Waals surface area contributed by atoms with Crippen LogP contribution in [0.3, 0.4) is 0 Å². The van der Waals surface area contributed by atoms with Gasteiger partial charge in [0, 0.05) is 37.3 Å². The minimum absolute atomic E-state index is 0.0239. The quantitative estimate of drug-likeness (QED) is 0.594. The molecule has 25 heavy (non-hydrogen) atoms. The normalized spacial score (nSPS) is 15.6. The first-order chi connectivity index (χ1) is 12.1. The van der Waals surface area contributed by atoms with Gasteiger partial charge in [-0.1, -0.05) is 35.9 Å². The van der Waals surface area contributed by atoms with Gasteiger partial charge in [0.25, 0.3) is 0 Å². The lowest BCUT2D eigenvalue weighted by molar-refractivity contribution is -0.127. The van der Waals surface area contributed by atoms with Gasteiger partial charge in [0.2, 0.25) is 5.91 Å². The zero-order chi connectivity index (χ0) is 17.6. The molecule has 2 heterocycles. The van der Waals surface area contributed by atoms with E-state index in [1.54, 1.807) is 23.1 Å². The molecule has 130 valence electrons. The highest BCUT2D eigenvalue weighted by Gasteiger charge is 2.21. The van der Waals surface area contributed by atoms with Crippen LogP contribution in [0.25, 0.3) is 6.08 Å². The molecule has 1 aromatic heterocycles. The molecule has 1 aliphatic heterocycles. The summed E-state index contributed by atoms with van der Waals surface area (Å²) in [6, 6.07) is 11.2. The Hall–Kier alpha value is -1.95. The highest BCUT2D eigenvalue weighted by Crippen LogP contribution is 2.16. The molecule has 2 aromatic rings. The highest BCUT2D eigenvalue weighted by molar-refractivity contribution is 7.12. The fourth-order valence-corrected chi connectivity index (χ4v) is 3.58. The van der Waals surface area contributed by atoms with Gasteiger partial charge in [-0.2, -0.15) is 0 Å². The van der Waals surface area contributed by atoms with Gasteiger partial charge in [-0.3, -0.25) is 14.5 Å². The van der Waals surface area contributed by atoms with Gasteiger partial charge in [0.05, 0.1) is 11.4 Å². The minimum atomic E-state index is -0.0239. The van der Waals surface area contributed by atoms with E-state index < -0.39 is 0 Å². The Morgan fingerprint density at radius 1 is 1.08 bits per heavy atom. The van der Waals surface area contributed by atoms with Gasteiger partial charge in [-0.25, -0.2) is 0 Å². The van der Waals surface area contributed by atoms with E-state index in [0.29, 0.717) is 37.7 Å². The summed E-state index contributed by atoms with van der Waals surface area (Å²) in [5, 5.41) is 2.54. The monoisotopic (exact) mass is 374 g/mol. The molecule has 0 saturated carbocycles. The lowest BCUT2D eigenvalue weighted by atomic mass is 10.2. The van der Waals surface area contributed by atoms with Crippen molar-refractivity contribution in [1.82, 2.24) is 9.80 Å². The predicted octanol–water partition coefficient (Wildman–Crippen LogP) is 3.44. The van der Waals surface area contributed by atoms with Gasteiger partial charge in [-0.05, 0) is 29.2 Å². The maximum atomic E-state index is 12.3. The number of ketones is 1. The molecule has 0 atom stereocenters. The number of carbonyl (C=O) groups is 2. The third-order valence-electron chi connectivity index (χ3n) is 4.16. The number of piperazine rings is 1. The predicted molar refractivity (Wildman–Crippen MR) is 102 cm³/mol. The van der Waals surface area contributed by atoms with E-state index in [9.17, 15) is 9.59 Å². The maximum Gasteiger partial charge on any atom is 0.246 e. The standard InChI is InChI=1S/C19H19ClN2O2S/c20-16-5-2-1-4-15(16)7-8-19(24)22-11-9-21(10-12-22)14-17(23)18-6-3-13-25-18/h1-8,13H,9-12,14H2/b8-7+. The van der Waals surface area contributed by atoms with Crippen LogP contribution in [0.1, 0.15) is 15.2 Å². The molecule has 0 N–H and O–H groups in total. The van der Waals surface area contributed by atoms with Crippen LogP contribution in [0, 0.1) is 0 Å². The van der Waals surface area contributed by atoms with E-state index in [4.69, 9.17) is 11.6 Å². The smallest absolute Gasteiger partial charge is 0.246 e. The van der Waals surface area contributed by atoms with Crippen LogP contribution in [0.2, 0.25) is 5.02 Å². The number of hydrogen-bond donors (Lipinski definition) is 0. The second-order valence-corrected chi connectivity index (χ2v) is 7.21. The van der Waals surface area contributed by atoms with E-state index in [1.807, 2.05) is 35.7 Å². The van der Waals surface area contributed by atoms with Crippen molar-refractivity contribution < 1.29 is 9.59 Å². The second kappa shape index (κ2) is 8.43. The van der Waals surface area contributed by atoms with E-state index in [0.717, 1.165) is 10.4 Å². The number of rotatable bonds is 5. The molecule has 1 aliphatic rings. The summed E-state index contributed by atoms with van der Waals surface area (Å²) in [6.07, 6.45) is 3.31. The fraction of sp³-hybridized carbons (Fsp3) is 0.263. The molecule has 0 radical (unpaired) electrons. The van der Waals surface area contributed by atoms with Gasteiger partial charge in [0.1, 0.15) is 0 Å². The van der Waals surface area contributed by atoms with Gasteiger partial charge >= 0.3 is 0 Å². The first-order valence-electron chi connectivity index (χ1n) is 8.14. The lowest BCUT2D eigenvalue weighted by Gasteiger charge is -2.33. The van der Waals surface area contributed by atoms with Crippen molar-refractivity contribution in [3.63, 3.8) is 0 Å². The summed E-state index contributed by atoms with van der Waals surface area (Å²) in [4.78, 5) is 29.2. The molecule has 1 fully saturated rings. The van der Waals surface area contributed by atoms with E-state index in [-0.39, 0.29) is 11.7 Å². The topological polar surface area (TPSA) is 40.6 Å². The summed E-state index contributed by atoms with van der Waals surface area (Å²) in [6.45, 7) is 3.09. The van der Waals surface area contributed by atoms with Crippen LogP contribution in [-0.2, 0) is 4.79 Å². The molecular formula is C19H19ClN2O2S. The maximum absolute atomic E-state index is 12.3.